The lowest BCUT2D eigenvalue weighted by atomic mass is 9.45. The van der Waals surface area contributed by atoms with Crippen molar-refractivity contribution in [3.05, 3.63) is 11.1 Å². The zero-order valence-electron chi connectivity index (χ0n) is 41.6. The first-order valence-electron chi connectivity index (χ1n) is 29.4. The number of hydrogen-bond acceptors (Lipinski definition) is 1. The Morgan fingerprint density at radius 2 is 1.34 bits per heavy atom. The molecule has 2 heteroatoms. The second-order valence-electron chi connectivity index (χ2n) is 26.1. The molecule has 0 N–H and O–H groups in total. The van der Waals surface area contributed by atoms with Crippen LogP contribution in [0.3, 0.4) is 0 Å². The maximum Gasteiger partial charge on any atom is 0.00574 e. The van der Waals surface area contributed by atoms with Gasteiger partial charge in [-0.1, -0.05) is 123 Å². The molecule has 17 unspecified atom stereocenters. The largest absolute Gasteiger partial charge is 0.176 e. The highest BCUT2D eigenvalue weighted by Crippen LogP contribution is 2.82. The van der Waals surface area contributed by atoms with Crippen LogP contribution in [0.2, 0.25) is 0 Å². The molecule has 0 spiro atoms. The molecule has 8 fully saturated rings. The van der Waals surface area contributed by atoms with Gasteiger partial charge in [0.25, 0.3) is 0 Å². The fourth-order valence-electron chi connectivity index (χ4n) is 22.2. The van der Waals surface area contributed by atoms with Crippen molar-refractivity contribution in [1.82, 2.24) is 0 Å². The van der Waals surface area contributed by atoms with Gasteiger partial charge in [0.05, 0.1) is 0 Å². The van der Waals surface area contributed by atoms with Gasteiger partial charge in [-0.15, -0.1) is 9.24 Å². The summed E-state index contributed by atoms with van der Waals surface area (Å²) in [6.45, 7) is 12.6. The number of fused-ring (bicyclic) bond motifs is 4. The van der Waals surface area contributed by atoms with Gasteiger partial charge in [0.1, 0.15) is 0 Å². The van der Waals surface area contributed by atoms with E-state index in [0.29, 0.717) is 16.1 Å². The number of allylic oxidation sites excluding steroid dienone is 2. The topological polar surface area (TPSA) is 0 Å². The van der Waals surface area contributed by atoms with Crippen LogP contribution >= 0.6 is 21.9 Å². The monoisotopic (exact) mass is 885 g/mol. The average molecular weight is 886 g/mol. The molecule has 0 nitrogen and oxygen atoms in total. The second kappa shape index (κ2) is 19.5. The molecular weight excluding hydrogens is 784 g/mol. The Hall–Kier alpha value is 0.520. The summed E-state index contributed by atoms with van der Waals surface area (Å²) in [5.74, 6) is 18.2. The van der Waals surface area contributed by atoms with Gasteiger partial charge in [0, 0.05) is 10.7 Å². The molecule has 10 aliphatic carbocycles. The number of hydrogen-bond donors (Lipinski definition) is 1. The maximum absolute atomic E-state index is 5.57. The van der Waals surface area contributed by atoms with Crippen LogP contribution in [0.25, 0.3) is 0 Å². The van der Waals surface area contributed by atoms with E-state index in [-0.39, 0.29) is 0 Å². The van der Waals surface area contributed by atoms with Crippen LogP contribution in [0.1, 0.15) is 234 Å². The first kappa shape index (κ1) is 46.3. The molecule has 0 radical (unpaired) electrons. The molecule has 0 heterocycles. The van der Waals surface area contributed by atoms with Gasteiger partial charge in [0.15, 0.2) is 0 Å². The summed E-state index contributed by atoms with van der Waals surface area (Å²) in [5, 5.41) is 0.545. The zero-order valence-corrected chi connectivity index (χ0v) is 43.7. The fourth-order valence-corrected chi connectivity index (χ4v) is 23.3. The van der Waals surface area contributed by atoms with E-state index >= 15 is 0 Å². The summed E-state index contributed by atoms with van der Waals surface area (Å²) in [7, 11) is 3.41. The molecule has 62 heavy (non-hydrogen) atoms. The highest BCUT2D eigenvalue weighted by Gasteiger charge is 2.75. The van der Waals surface area contributed by atoms with Crippen molar-refractivity contribution in [3.8, 4) is 0 Å². The van der Waals surface area contributed by atoms with E-state index in [9.17, 15) is 0 Å². The van der Waals surface area contributed by atoms with E-state index in [1.165, 1.54) is 96.1 Å². The lowest BCUT2D eigenvalue weighted by Gasteiger charge is -2.61. The summed E-state index contributed by atoms with van der Waals surface area (Å²) in [5.41, 5.74) is 5.41. The minimum Gasteiger partial charge on any atom is -0.176 e. The van der Waals surface area contributed by atoms with Crippen molar-refractivity contribution < 1.29 is 0 Å². The minimum absolute atomic E-state index is 0.545. The smallest absolute Gasteiger partial charge is 0.00574 e. The Balaban J connectivity index is 0.864. The van der Waals surface area contributed by atoms with Gasteiger partial charge < -0.3 is 0 Å². The van der Waals surface area contributed by atoms with Crippen LogP contribution in [0.15, 0.2) is 11.1 Å². The lowest BCUT2D eigenvalue weighted by Crippen LogP contribution is -2.55. The SMILES string of the molecule is CCCCCC1CCC(CCC)C2C1C1=C3C(C(C4CCC(C5CCC6CC(C(C7CCCCC7)(C7CCC(C)CC7)C(CCC)C(C)S)C7CCCC5C67)CC4)CC1)C32CP. The Bertz CT molecular complexity index is 1510. The van der Waals surface area contributed by atoms with Gasteiger partial charge in [0.2, 0.25) is 0 Å². The van der Waals surface area contributed by atoms with E-state index in [0.717, 1.165) is 107 Å². The quantitative estimate of drug-likeness (QED) is 0.0679. The highest BCUT2D eigenvalue weighted by molar-refractivity contribution is 7.80. The maximum atomic E-state index is 5.57. The van der Waals surface area contributed by atoms with Crippen molar-refractivity contribution in [2.24, 2.45) is 117 Å². The third-order valence-corrected chi connectivity index (χ3v) is 25.0. The third-order valence-electron chi connectivity index (χ3n) is 23.9. The number of thiol groups is 1. The van der Waals surface area contributed by atoms with Crippen LogP contribution < -0.4 is 0 Å². The minimum atomic E-state index is 0.545. The van der Waals surface area contributed by atoms with E-state index in [4.69, 9.17) is 12.6 Å². The molecule has 0 saturated heterocycles. The van der Waals surface area contributed by atoms with Gasteiger partial charge in [-0.05, 0) is 240 Å². The Morgan fingerprint density at radius 3 is 2.03 bits per heavy atom. The lowest BCUT2D eigenvalue weighted by molar-refractivity contribution is -0.113. The average Bonchev–Trinajstić information content (AvgIpc) is 3.68. The Morgan fingerprint density at radius 1 is 0.645 bits per heavy atom. The molecule has 17 atom stereocenters. The standard InChI is InChI=1S/C60H101PS/c1-6-9-11-17-42-28-29-43(15-7-2)56-55(42)51-35-34-48(57-58(51)59(56,57)37-61)41-26-24-40(25-27-41)47-33-30-44-36-53(50-21-14-20-49(47)54(44)50)60(45-18-12-10-13-19-45,52(16-8-3)39(5)62)46-31-22-38(4)23-32-46/h38-50,52-57,62H,6-37,61H2,1-5H3. The van der Waals surface area contributed by atoms with Gasteiger partial charge in [-0.2, -0.15) is 12.6 Å². The van der Waals surface area contributed by atoms with Crippen LogP contribution in [0, 0.1) is 117 Å². The van der Waals surface area contributed by atoms with Gasteiger partial charge >= 0.3 is 0 Å². The Kier molecular flexibility index (Phi) is 14.5. The van der Waals surface area contributed by atoms with Crippen LogP contribution in [0.4, 0.5) is 0 Å². The number of unbranched alkanes of at least 4 members (excludes halogenated alkanes) is 2. The molecule has 10 aliphatic rings. The number of rotatable bonds is 16. The predicted octanol–water partition coefficient (Wildman–Crippen LogP) is 17.8. The van der Waals surface area contributed by atoms with Gasteiger partial charge in [-0.25, -0.2) is 0 Å². The molecule has 0 aliphatic heterocycles. The summed E-state index contributed by atoms with van der Waals surface area (Å²) >= 11 is 5.57. The molecular formula is C60H101PS. The van der Waals surface area contributed by atoms with Crippen molar-refractivity contribution >= 4 is 21.9 Å². The molecule has 0 amide bonds. The molecule has 352 valence electrons. The second-order valence-corrected chi connectivity index (χ2v) is 27.3. The van der Waals surface area contributed by atoms with Crippen LogP contribution in [-0.2, 0) is 0 Å². The van der Waals surface area contributed by atoms with E-state index < -0.39 is 0 Å². The summed E-state index contributed by atoms with van der Waals surface area (Å²) in [6.07, 6.45) is 49.0. The van der Waals surface area contributed by atoms with Gasteiger partial charge in [-0.3, -0.25) is 0 Å². The highest BCUT2D eigenvalue weighted by atomic mass is 32.1. The van der Waals surface area contributed by atoms with Crippen molar-refractivity contribution in [3.63, 3.8) is 0 Å². The first-order chi connectivity index (χ1) is 30.3. The Labute approximate surface area is 393 Å². The van der Waals surface area contributed by atoms with Crippen molar-refractivity contribution in [2.75, 3.05) is 6.16 Å². The first-order valence-corrected chi connectivity index (χ1v) is 30.8. The van der Waals surface area contributed by atoms with E-state index in [2.05, 4.69) is 55.0 Å². The third kappa shape index (κ3) is 7.64. The zero-order chi connectivity index (χ0) is 42.8. The summed E-state index contributed by atoms with van der Waals surface area (Å²) < 4.78 is 0. The van der Waals surface area contributed by atoms with E-state index in [1.807, 2.05) is 0 Å². The van der Waals surface area contributed by atoms with Crippen molar-refractivity contribution in [2.45, 2.75) is 239 Å². The summed E-state index contributed by atoms with van der Waals surface area (Å²) in [6, 6.07) is 0. The normalized spacial score (nSPS) is 47.3. The van der Waals surface area contributed by atoms with Crippen LogP contribution in [0.5, 0.6) is 0 Å². The fraction of sp³-hybridized carbons (Fsp3) is 0.967. The predicted molar refractivity (Wildman–Crippen MR) is 274 cm³/mol. The van der Waals surface area contributed by atoms with Crippen LogP contribution in [-0.4, -0.2) is 11.4 Å². The summed E-state index contributed by atoms with van der Waals surface area (Å²) in [4.78, 5) is 0. The molecule has 0 aromatic carbocycles. The van der Waals surface area contributed by atoms with E-state index in [1.54, 1.807) is 109 Å². The molecule has 0 aromatic heterocycles. The molecule has 0 bridgehead atoms. The molecule has 8 saturated carbocycles. The molecule has 10 rings (SSSR count). The molecule has 0 aromatic rings. The van der Waals surface area contributed by atoms with Crippen molar-refractivity contribution in [1.29, 1.82) is 0 Å².